The lowest BCUT2D eigenvalue weighted by Gasteiger charge is -2.43. The van der Waals surface area contributed by atoms with Crippen LogP contribution in [-0.4, -0.2) is 36.1 Å². The monoisotopic (exact) mass is 224 g/mol. The van der Waals surface area contributed by atoms with E-state index in [1.54, 1.807) is 0 Å². The van der Waals surface area contributed by atoms with Crippen LogP contribution in [0.2, 0.25) is 0 Å². The summed E-state index contributed by atoms with van der Waals surface area (Å²) in [5.74, 6) is 0.823. The highest BCUT2D eigenvalue weighted by Gasteiger charge is 2.32. The summed E-state index contributed by atoms with van der Waals surface area (Å²) in [7, 11) is 0. The van der Waals surface area contributed by atoms with Gasteiger partial charge in [0.05, 0.1) is 0 Å². The average Bonchev–Trinajstić information content (AvgIpc) is 2.73. The van der Waals surface area contributed by atoms with Crippen molar-refractivity contribution >= 4 is 0 Å². The molecule has 0 aromatic carbocycles. The summed E-state index contributed by atoms with van der Waals surface area (Å²) in [5, 5.41) is 3.65. The van der Waals surface area contributed by atoms with Crippen molar-refractivity contribution in [2.75, 3.05) is 13.1 Å². The van der Waals surface area contributed by atoms with Gasteiger partial charge in [-0.1, -0.05) is 26.7 Å². The molecule has 0 aromatic heterocycles. The van der Waals surface area contributed by atoms with Crippen LogP contribution < -0.4 is 5.32 Å². The molecule has 0 aromatic rings. The molecule has 0 spiro atoms. The molecular weight excluding hydrogens is 196 g/mol. The van der Waals surface area contributed by atoms with Crippen LogP contribution in [0.3, 0.4) is 0 Å². The number of rotatable bonds is 3. The van der Waals surface area contributed by atoms with Crippen LogP contribution in [0.25, 0.3) is 0 Å². The van der Waals surface area contributed by atoms with Gasteiger partial charge in [0, 0.05) is 31.2 Å². The van der Waals surface area contributed by atoms with E-state index in [4.69, 9.17) is 0 Å². The van der Waals surface area contributed by atoms with Crippen LogP contribution in [0.5, 0.6) is 0 Å². The molecule has 2 aliphatic rings. The van der Waals surface area contributed by atoms with E-state index in [0.717, 1.165) is 18.0 Å². The van der Waals surface area contributed by atoms with Gasteiger partial charge < -0.3 is 5.32 Å². The summed E-state index contributed by atoms with van der Waals surface area (Å²) in [5.41, 5.74) is 0. The van der Waals surface area contributed by atoms with Gasteiger partial charge in [-0.3, -0.25) is 4.90 Å². The maximum Gasteiger partial charge on any atom is 0.0226 e. The predicted molar refractivity (Wildman–Crippen MR) is 69.7 cm³/mol. The molecule has 1 heterocycles. The molecule has 0 bridgehead atoms. The second kappa shape index (κ2) is 5.50. The van der Waals surface area contributed by atoms with Crippen LogP contribution in [0.1, 0.15) is 52.9 Å². The fourth-order valence-corrected chi connectivity index (χ4v) is 3.43. The average molecular weight is 224 g/mol. The minimum atomic E-state index is 0.684. The summed E-state index contributed by atoms with van der Waals surface area (Å²) < 4.78 is 0. The lowest BCUT2D eigenvalue weighted by molar-refractivity contribution is 0.0751. The largest absolute Gasteiger partial charge is 0.311 e. The van der Waals surface area contributed by atoms with Crippen molar-refractivity contribution in [2.24, 2.45) is 5.92 Å². The number of hydrogen-bond acceptors (Lipinski definition) is 2. The first-order chi connectivity index (χ1) is 7.66. The minimum absolute atomic E-state index is 0.684. The zero-order chi connectivity index (χ0) is 11.5. The van der Waals surface area contributed by atoms with Crippen molar-refractivity contribution in [1.82, 2.24) is 10.2 Å². The predicted octanol–water partition coefficient (Wildman–Crippen LogP) is 2.64. The van der Waals surface area contributed by atoms with E-state index in [9.17, 15) is 0 Å². The van der Waals surface area contributed by atoms with Crippen molar-refractivity contribution in [3.05, 3.63) is 0 Å². The van der Waals surface area contributed by atoms with Crippen LogP contribution in [0, 0.1) is 5.92 Å². The summed E-state index contributed by atoms with van der Waals surface area (Å²) >= 11 is 0. The fraction of sp³-hybridized carbons (Fsp3) is 1.00. The van der Waals surface area contributed by atoms with E-state index in [0.29, 0.717) is 6.04 Å². The molecule has 0 amide bonds. The standard InChI is InChI=1S/C14H28N2/c1-11(2)8-14-9-15-12(3)10-16(14)13-6-4-5-7-13/h11-15H,4-10H2,1-3H3. The molecule has 1 saturated carbocycles. The molecule has 94 valence electrons. The lowest BCUT2D eigenvalue weighted by Crippen LogP contribution is -2.58. The van der Waals surface area contributed by atoms with Gasteiger partial charge in [-0.2, -0.15) is 0 Å². The first-order valence-electron chi connectivity index (χ1n) is 7.16. The van der Waals surface area contributed by atoms with E-state index in [-0.39, 0.29) is 0 Å². The highest BCUT2D eigenvalue weighted by atomic mass is 15.3. The summed E-state index contributed by atoms with van der Waals surface area (Å²) in [6.45, 7) is 9.50. The molecule has 2 rings (SSSR count). The Kier molecular flexibility index (Phi) is 4.26. The van der Waals surface area contributed by atoms with Gasteiger partial charge in [0.15, 0.2) is 0 Å². The van der Waals surface area contributed by atoms with Crippen molar-refractivity contribution in [3.63, 3.8) is 0 Å². The van der Waals surface area contributed by atoms with Crippen molar-refractivity contribution in [3.8, 4) is 0 Å². The maximum atomic E-state index is 3.65. The molecule has 1 saturated heterocycles. The van der Waals surface area contributed by atoms with Gasteiger partial charge in [0.25, 0.3) is 0 Å². The van der Waals surface area contributed by atoms with Crippen molar-refractivity contribution in [2.45, 2.75) is 71.0 Å². The molecule has 1 aliphatic heterocycles. The van der Waals surface area contributed by atoms with Crippen LogP contribution >= 0.6 is 0 Å². The second-order valence-corrected chi connectivity index (χ2v) is 6.23. The first-order valence-corrected chi connectivity index (χ1v) is 7.16. The van der Waals surface area contributed by atoms with Gasteiger partial charge in [-0.15, -0.1) is 0 Å². The number of hydrogen-bond donors (Lipinski definition) is 1. The molecule has 2 unspecified atom stereocenters. The SMILES string of the molecule is CC(C)CC1CNC(C)CN1C1CCCC1. The third-order valence-electron chi connectivity index (χ3n) is 4.19. The molecule has 2 heteroatoms. The second-order valence-electron chi connectivity index (χ2n) is 6.23. The molecule has 16 heavy (non-hydrogen) atoms. The molecular formula is C14H28N2. The Bertz CT molecular complexity index is 209. The summed E-state index contributed by atoms with van der Waals surface area (Å²) in [6, 6.07) is 2.37. The Morgan fingerprint density at radius 3 is 2.56 bits per heavy atom. The van der Waals surface area contributed by atoms with E-state index < -0.39 is 0 Å². The van der Waals surface area contributed by atoms with Crippen LogP contribution in [-0.2, 0) is 0 Å². The van der Waals surface area contributed by atoms with Gasteiger partial charge in [-0.25, -0.2) is 0 Å². The molecule has 2 fully saturated rings. The highest BCUT2D eigenvalue weighted by molar-refractivity contribution is 4.90. The fourth-order valence-electron chi connectivity index (χ4n) is 3.43. The Balaban J connectivity index is 1.96. The number of nitrogens with zero attached hydrogens (tertiary/aromatic N) is 1. The van der Waals surface area contributed by atoms with E-state index in [2.05, 4.69) is 31.0 Å². The van der Waals surface area contributed by atoms with Gasteiger partial charge in [0.2, 0.25) is 0 Å². The molecule has 0 radical (unpaired) electrons. The third kappa shape index (κ3) is 2.98. The maximum absolute atomic E-state index is 3.65. The smallest absolute Gasteiger partial charge is 0.0226 e. The quantitative estimate of drug-likeness (QED) is 0.793. The van der Waals surface area contributed by atoms with Crippen LogP contribution in [0.15, 0.2) is 0 Å². The van der Waals surface area contributed by atoms with Crippen LogP contribution in [0.4, 0.5) is 0 Å². The molecule has 1 N–H and O–H groups in total. The highest BCUT2D eigenvalue weighted by Crippen LogP contribution is 2.28. The topological polar surface area (TPSA) is 15.3 Å². The third-order valence-corrected chi connectivity index (χ3v) is 4.19. The van der Waals surface area contributed by atoms with Crippen molar-refractivity contribution < 1.29 is 0 Å². The Labute approximate surface area is 101 Å². The van der Waals surface area contributed by atoms with Gasteiger partial charge in [0.1, 0.15) is 0 Å². The van der Waals surface area contributed by atoms with Gasteiger partial charge >= 0.3 is 0 Å². The van der Waals surface area contributed by atoms with E-state index >= 15 is 0 Å². The number of nitrogens with one attached hydrogen (secondary N) is 1. The normalized spacial score (nSPS) is 33.8. The zero-order valence-electron chi connectivity index (χ0n) is 11.2. The zero-order valence-corrected chi connectivity index (χ0v) is 11.2. The van der Waals surface area contributed by atoms with Gasteiger partial charge in [-0.05, 0) is 32.1 Å². The van der Waals surface area contributed by atoms with Crippen molar-refractivity contribution in [1.29, 1.82) is 0 Å². The van der Waals surface area contributed by atoms with E-state index in [1.165, 1.54) is 45.2 Å². The molecule has 2 atom stereocenters. The number of piperazine rings is 1. The summed E-state index contributed by atoms with van der Waals surface area (Å²) in [6.07, 6.45) is 7.16. The Morgan fingerprint density at radius 2 is 1.94 bits per heavy atom. The molecule has 2 nitrogen and oxygen atoms in total. The lowest BCUT2D eigenvalue weighted by atomic mass is 9.97. The van der Waals surface area contributed by atoms with E-state index in [1.807, 2.05) is 0 Å². The minimum Gasteiger partial charge on any atom is -0.311 e. The Morgan fingerprint density at radius 1 is 1.25 bits per heavy atom. The summed E-state index contributed by atoms with van der Waals surface area (Å²) in [4.78, 5) is 2.83. The molecule has 1 aliphatic carbocycles. The first kappa shape index (κ1) is 12.4. The Hall–Kier alpha value is -0.0800.